The van der Waals surface area contributed by atoms with Gasteiger partial charge in [0, 0.05) is 6.20 Å². The minimum atomic E-state index is -0.0205. The molecule has 1 aliphatic rings. The summed E-state index contributed by atoms with van der Waals surface area (Å²) in [5.74, 6) is 1.11. The van der Waals surface area contributed by atoms with Crippen LogP contribution in [-0.4, -0.2) is 17.4 Å². The van der Waals surface area contributed by atoms with Crippen LogP contribution in [0.25, 0.3) is 0 Å². The number of rotatable bonds is 6. The standard InChI is InChI=1S/C22H29N3O/c1-16-5-7-17(8-6-16)14-21(26)25-22(20-4-2-3-13-24-20)19-11-9-18(15-23)10-12-19/h2-8,13,18-19,22H,9-12,14-15,23H2,1H3,(H,25,26)/t18?,19?,22-/m1/s1. The van der Waals surface area contributed by atoms with Crippen LogP contribution in [-0.2, 0) is 11.2 Å². The Labute approximate surface area is 156 Å². The highest BCUT2D eigenvalue weighted by atomic mass is 16.1. The summed E-state index contributed by atoms with van der Waals surface area (Å²) in [6, 6.07) is 14.1. The molecule has 138 valence electrons. The minimum absolute atomic E-state index is 0.0205. The molecule has 0 saturated heterocycles. The van der Waals surface area contributed by atoms with E-state index in [1.165, 1.54) is 5.56 Å². The van der Waals surface area contributed by atoms with Crippen LogP contribution in [0.5, 0.6) is 0 Å². The van der Waals surface area contributed by atoms with Crippen molar-refractivity contribution < 1.29 is 4.79 Å². The van der Waals surface area contributed by atoms with Gasteiger partial charge in [-0.25, -0.2) is 0 Å². The first-order valence-corrected chi connectivity index (χ1v) is 9.61. The predicted molar refractivity (Wildman–Crippen MR) is 105 cm³/mol. The number of nitrogens with two attached hydrogens (primary N) is 1. The monoisotopic (exact) mass is 351 g/mol. The van der Waals surface area contributed by atoms with Crippen LogP contribution < -0.4 is 11.1 Å². The molecule has 0 unspecified atom stereocenters. The Morgan fingerprint density at radius 2 is 1.88 bits per heavy atom. The zero-order valence-corrected chi connectivity index (χ0v) is 15.5. The van der Waals surface area contributed by atoms with Crippen LogP contribution in [0.4, 0.5) is 0 Å². The first kappa shape index (κ1) is 18.6. The third-order valence-corrected chi connectivity index (χ3v) is 5.50. The van der Waals surface area contributed by atoms with Crippen LogP contribution in [0.15, 0.2) is 48.7 Å². The fraction of sp³-hybridized carbons (Fsp3) is 0.455. The molecule has 0 bridgehead atoms. The van der Waals surface area contributed by atoms with E-state index in [2.05, 4.69) is 17.2 Å². The highest BCUT2D eigenvalue weighted by Gasteiger charge is 2.30. The van der Waals surface area contributed by atoms with Crippen LogP contribution in [0, 0.1) is 18.8 Å². The van der Waals surface area contributed by atoms with Gasteiger partial charge >= 0.3 is 0 Å². The SMILES string of the molecule is Cc1ccc(CC(=O)N[C@@H](c2ccccn2)C2CCC(CN)CC2)cc1. The number of aromatic nitrogens is 1. The molecule has 0 aliphatic heterocycles. The van der Waals surface area contributed by atoms with Crippen molar-refractivity contribution in [2.45, 2.75) is 45.1 Å². The van der Waals surface area contributed by atoms with Crippen LogP contribution in [0.1, 0.15) is 48.5 Å². The average molecular weight is 351 g/mol. The molecule has 0 spiro atoms. The van der Waals surface area contributed by atoms with E-state index in [0.717, 1.165) is 43.5 Å². The number of carbonyl (C=O) groups is 1. The Hall–Kier alpha value is -2.20. The van der Waals surface area contributed by atoms with Crippen molar-refractivity contribution in [3.63, 3.8) is 0 Å². The summed E-state index contributed by atoms with van der Waals surface area (Å²) in [5, 5.41) is 3.27. The number of nitrogens with zero attached hydrogens (tertiary/aromatic N) is 1. The molecule has 4 nitrogen and oxygen atoms in total. The second-order valence-electron chi connectivity index (χ2n) is 7.48. The number of benzene rings is 1. The van der Waals surface area contributed by atoms with Gasteiger partial charge in [-0.1, -0.05) is 35.9 Å². The molecule has 1 aliphatic carbocycles. The molecule has 1 aromatic carbocycles. The first-order valence-electron chi connectivity index (χ1n) is 9.61. The van der Waals surface area contributed by atoms with E-state index in [-0.39, 0.29) is 11.9 Å². The molecule has 1 fully saturated rings. The van der Waals surface area contributed by atoms with E-state index in [4.69, 9.17) is 5.73 Å². The average Bonchev–Trinajstić information content (AvgIpc) is 2.69. The summed E-state index contributed by atoms with van der Waals surface area (Å²) < 4.78 is 0. The summed E-state index contributed by atoms with van der Waals surface area (Å²) in [6.45, 7) is 2.82. The molecular weight excluding hydrogens is 322 g/mol. The summed E-state index contributed by atoms with van der Waals surface area (Å²) in [6.07, 6.45) is 6.67. The zero-order chi connectivity index (χ0) is 18.4. The second kappa shape index (κ2) is 8.95. The van der Waals surface area contributed by atoms with Crippen molar-refractivity contribution in [1.29, 1.82) is 0 Å². The van der Waals surface area contributed by atoms with Gasteiger partial charge in [0.15, 0.2) is 0 Å². The fourth-order valence-corrected chi connectivity index (χ4v) is 3.87. The fourth-order valence-electron chi connectivity index (χ4n) is 3.87. The number of pyridine rings is 1. The van der Waals surface area contributed by atoms with Crippen molar-refractivity contribution in [1.82, 2.24) is 10.3 Å². The lowest BCUT2D eigenvalue weighted by atomic mass is 9.77. The normalized spacial score (nSPS) is 21.2. The molecule has 1 heterocycles. The van der Waals surface area contributed by atoms with Gasteiger partial charge in [-0.15, -0.1) is 0 Å². The van der Waals surface area contributed by atoms with E-state index in [1.807, 2.05) is 42.5 Å². The third kappa shape index (κ3) is 4.92. The smallest absolute Gasteiger partial charge is 0.224 e. The molecule has 1 saturated carbocycles. The molecular formula is C22H29N3O. The molecule has 3 N–H and O–H groups in total. The van der Waals surface area contributed by atoms with E-state index >= 15 is 0 Å². The predicted octanol–water partition coefficient (Wildman–Crippen LogP) is 3.56. The number of hydrogen-bond acceptors (Lipinski definition) is 3. The maximum absolute atomic E-state index is 12.7. The van der Waals surface area contributed by atoms with Crippen molar-refractivity contribution in [3.8, 4) is 0 Å². The molecule has 3 rings (SSSR count). The Balaban J connectivity index is 1.69. The van der Waals surface area contributed by atoms with Gasteiger partial charge in [0.1, 0.15) is 0 Å². The lowest BCUT2D eigenvalue weighted by Gasteiger charge is -2.33. The number of nitrogens with one attached hydrogen (secondary N) is 1. The lowest BCUT2D eigenvalue weighted by Crippen LogP contribution is -2.37. The molecule has 2 aromatic rings. The van der Waals surface area contributed by atoms with Crippen molar-refractivity contribution in [3.05, 3.63) is 65.5 Å². The Kier molecular flexibility index (Phi) is 6.40. The van der Waals surface area contributed by atoms with Crippen LogP contribution >= 0.6 is 0 Å². The van der Waals surface area contributed by atoms with E-state index < -0.39 is 0 Å². The largest absolute Gasteiger partial charge is 0.347 e. The topological polar surface area (TPSA) is 68.0 Å². The van der Waals surface area contributed by atoms with Crippen molar-refractivity contribution in [2.75, 3.05) is 6.54 Å². The van der Waals surface area contributed by atoms with Gasteiger partial charge in [0.05, 0.1) is 18.2 Å². The second-order valence-corrected chi connectivity index (χ2v) is 7.48. The van der Waals surface area contributed by atoms with Gasteiger partial charge in [-0.2, -0.15) is 0 Å². The van der Waals surface area contributed by atoms with E-state index in [1.54, 1.807) is 6.20 Å². The zero-order valence-electron chi connectivity index (χ0n) is 15.5. The van der Waals surface area contributed by atoms with Gasteiger partial charge in [0.25, 0.3) is 0 Å². The highest BCUT2D eigenvalue weighted by molar-refractivity contribution is 5.79. The summed E-state index contributed by atoms with van der Waals surface area (Å²) in [4.78, 5) is 17.2. The Morgan fingerprint density at radius 3 is 2.50 bits per heavy atom. The maximum Gasteiger partial charge on any atom is 0.224 e. The first-order chi connectivity index (χ1) is 12.7. The third-order valence-electron chi connectivity index (χ3n) is 5.50. The number of amides is 1. The minimum Gasteiger partial charge on any atom is -0.347 e. The van der Waals surface area contributed by atoms with Gasteiger partial charge < -0.3 is 11.1 Å². The summed E-state index contributed by atoms with van der Waals surface area (Å²) >= 11 is 0. The number of aryl methyl sites for hydroxylation is 1. The van der Waals surface area contributed by atoms with Gasteiger partial charge in [-0.05, 0) is 68.7 Å². The lowest BCUT2D eigenvalue weighted by molar-refractivity contribution is -0.121. The van der Waals surface area contributed by atoms with Gasteiger partial charge in [-0.3, -0.25) is 9.78 Å². The number of carbonyl (C=O) groups excluding carboxylic acids is 1. The van der Waals surface area contributed by atoms with Crippen molar-refractivity contribution in [2.24, 2.45) is 17.6 Å². The van der Waals surface area contributed by atoms with E-state index in [9.17, 15) is 4.79 Å². The Morgan fingerprint density at radius 1 is 1.15 bits per heavy atom. The molecule has 0 radical (unpaired) electrons. The summed E-state index contributed by atoms with van der Waals surface area (Å²) in [5.41, 5.74) is 9.04. The van der Waals surface area contributed by atoms with Crippen LogP contribution in [0.3, 0.4) is 0 Å². The van der Waals surface area contributed by atoms with Crippen molar-refractivity contribution >= 4 is 5.91 Å². The Bertz CT molecular complexity index is 691. The van der Waals surface area contributed by atoms with E-state index in [0.29, 0.717) is 18.3 Å². The molecule has 26 heavy (non-hydrogen) atoms. The molecule has 1 atom stereocenters. The van der Waals surface area contributed by atoms with Crippen LogP contribution in [0.2, 0.25) is 0 Å². The number of hydrogen-bond donors (Lipinski definition) is 2. The van der Waals surface area contributed by atoms with Gasteiger partial charge in [0.2, 0.25) is 5.91 Å². The molecule has 1 amide bonds. The molecule has 4 heteroatoms. The maximum atomic E-state index is 12.7. The summed E-state index contributed by atoms with van der Waals surface area (Å²) in [7, 11) is 0. The highest BCUT2D eigenvalue weighted by Crippen LogP contribution is 2.36. The molecule has 1 aromatic heterocycles. The quantitative estimate of drug-likeness (QED) is 0.836.